The first kappa shape index (κ1) is 18.9. The van der Waals surface area contributed by atoms with Crippen LogP contribution in [0.1, 0.15) is 19.4 Å². The fourth-order valence-electron chi connectivity index (χ4n) is 3.51. The summed E-state index contributed by atoms with van der Waals surface area (Å²) >= 11 is 1.42. The number of thioether (sulfide) groups is 1. The van der Waals surface area contributed by atoms with E-state index in [1.807, 2.05) is 13.8 Å². The lowest BCUT2D eigenvalue weighted by molar-refractivity contribution is -0.117. The number of nitrogens with zero attached hydrogens (tertiary/aromatic N) is 2. The van der Waals surface area contributed by atoms with Crippen LogP contribution < -0.4 is 21.4 Å². The summed E-state index contributed by atoms with van der Waals surface area (Å²) in [5, 5.41) is 7.19. The Balaban J connectivity index is 1.39. The van der Waals surface area contributed by atoms with Crippen LogP contribution in [0.15, 0.2) is 51.1 Å². The number of anilines is 1. The van der Waals surface area contributed by atoms with Crippen molar-refractivity contribution >= 4 is 29.1 Å². The summed E-state index contributed by atoms with van der Waals surface area (Å²) in [5.74, 6) is -0.145. The number of carbonyl (C=O) groups excluding carboxylic acids is 1. The predicted molar refractivity (Wildman–Crippen MR) is 113 cm³/mol. The number of hydrogen-bond donors (Lipinski definition) is 3. The van der Waals surface area contributed by atoms with Gasteiger partial charge in [0.25, 0.3) is 5.91 Å². The smallest absolute Gasteiger partial charge is 0.260 e. The molecule has 1 atom stereocenters. The van der Waals surface area contributed by atoms with Crippen molar-refractivity contribution in [2.45, 2.75) is 25.8 Å². The minimum absolute atomic E-state index is 0.0859. The van der Waals surface area contributed by atoms with Crippen molar-refractivity contribution in [1.82, 2.24) is 10.7 Å². The Morgan fingerprint density at radius 2 is 2.04 bits per heavy atom. The van der Waals surface area contributed by atoms with Crippen LogP contribution in [-0.4, -0.2) is 43.3 Å². The number of amides is 1. The predicted octanol–water partition coefficient (Wildman–Crippen LogP) is 1.68. The highest BCUT2D eigenvalue weighted by molar-refractivity contribution is 8.05. The third kappa shape index (κ3) is 3.62. The highest BCUT2D eigenvalue weighted by Crippen LogP contribution is 2.41. The molecule has 3 aliphatic heterocycles. The molecule has 0 aromatic heterocycles. The summed E-state index contributed by atoms with van der Waals surface area (Å²) in [6, 6.07) is 8.29. The zero-order valence-corrected chi connectivity index (χ0v) is 16.9. The molecule has 8 heteroatoms. The van der Waals surface area contributed by atoms with E-state index in [1.165, 1.54) is 17.4 Å². The van der Waals surface area contributed by atoms with Crippen LogP contribution in [-0.2, 0) is 16.1 Å². The molecule has 0 saturated carbocycles. The molecule has 148 valence electrons. The molecule has 3 heterocycles. The second-order valence-corrected chi connectivity index (χ2v) is 8.17. The number of carbonyl (C=O) groups is 1. The topological polar surface area (TPSA) is 92.0 Å². The molecule has 0 radical (unpaired) electrons. The number of allylic oxidation sites excluding steroid dienone is 1. The first-order valence-electron chi connectivity index (χ1n) is 9.42. The average molecular weight is 400 g/mol. The van der Waals surface area contributed by atoms with Gasteiger partial charge in [-0.25, -0.2) is 0 Å². The van der Waals surface area contributed by atoms with E-state index in [0.717, 1.165) is 48.7 Å². The molecular weight excluding hydrogens is 374 g/mol. The zero-order valence-electron chi connectivity index (χ0n) is 16.1. The minimum Gasteiger partial charge on any atom is -0.397 e. The van der Waals surface area contributed by atoms with Crippen molar-refractivity contribution in [2.75, 3.05) is 31.2 Å². The molecule has 1 amide bonds. The molecule has 1 aromatic rings. The van der Waals surface area contributed by atoms with Crippen molar-refractivity contribution in [2.24, 2.45) is 10.8 Å². The van der Waals surface area contributed by atoms with Crippen molar-refractivity contribution < 1.29 is 9.53 Å². The van der Waals surface area contributed by atoms with Gasteiger partial charge in [0.1, 0.15) is 5.37 Å². The van der Waals surface area contributed by atoms with E-state index in [-0.39, 0.29) is 11.3 Å². The van der Waals surface area contributed by atoms with Crippen molar-refractivity contribution in [1.29, 1.82) is 0 Å². The summed E-state index contributed by atoms with van der Waals surface area (Å²) in [6.45, 7) is 7.74. The molecular formula is C20H25N5O2S. The van der Waals surface area contributed by atoms with Gasteiger partial charge in [0.2, 0.25) is 0 Å². The average Bonchev–Trinajstić information content (AvgIpc) is 3.07. The highest BCUT2D eigenvalue weighted by Gasteiger charge is 2.35. The van der Waals surface area contributed by atoms with Gasteiger partial charge in [0.15, 0.2) is 0 Å². The van der Waals surface area contributed by atoms with Crippen molar-refractivity contribution in [3.05, 3.63) is 51.6 Å². The fraction of sp³-hybridized carbons (Fsp3) is 0.400. The normalized spacial score (nSPS) is 22.0. The highest BCUT2D eigenvalue weighted by atomic mass is 32.2. The Morgan fingerprint density at radius 3 is 2.75 bits per heavy atom. The summed E-state index contributed by atoms with van der Waals surface area (Å²) in [7, 11) is 0. The molecule has 4 N–H and O–H groups in total. The number of morpholine rings is 1. The van der Waals surface area contributed by atoms with Gasteiger partial charge in [-0.1, -0.05) is 23.9 Å². The van der Waals surface area contributed by atoms with E-state index in [1.54, 1.807) is 0 Å². The third-order valence-electron chi connectivity index (χ3n) is 5.30. The molecule has 3 aliphatic rings. The molecule has 28 heavy (non-hydrogen) atoms. The van der Waals surface area contributed by atoms with Gasteiger partial charge in [-0.05, 0) is 37.1 Å². The number of fused-ring (bicyclic) bond motifs is 1. The molecule has 4 rings (SSSR count). The summed E-state index contributed by atoms with van der Waals surface area (Å²) < 4.78 is 5.39. The van der Waals surface area contributed by atoms with E-state index >= 15 is 0 Å². The van der Waals surface area contributed by atoms with Crippen LogP contribution in [0.2, 0.25) is 0 Å². The minimum atomic E-state index is -0.145. The number of hydrogen-bond acceptors (Lipinski definition) is 7. The number of ether oxygens (including phenoxy) is 1. The van der Waals surface area contributed by atoms with Gasteiger partial charge < -0.3 is 20.7 Å². The number of nitrogens with two attached hydrogens (primary N) is 1. The summed E-state index contributed by atoms with van der Waals surface area (Å²) in [4.78, 5) is 15.6. The van der Waals surface area contributed by atoms with Crippen LogP contribution >= 0.6 is 11.8 Å². The molecule has 1 aromatic carbocycles. The number of rotatable bonds is 4. The number of benzene rings is 1. The van der Waals surface area contributed by atoms with Crippen LogP contribution in [0.3, 0.4) is 0 Å². The maximum atomic E-state index is 12.7. The monoisotopic (exact) mass is 399 g/mol. The third-order valence-corrected chi connectivity index (χ3v) is 6.52. The number of nitrogens with one attached hydrogen (secondary N) is 2. The van der Waals surface area contributed by atoms with Crippen LogP contribution in [0.5, 0.6) is 0 Å². The Kier molecular flexibility index (Phi) is 5.32. The summed E-state index contributed by atoms with van der Waals surface area (Å²) in [5.41, 5.74) is 15.0. The molecule has 1 fully saturated rings. The second kappa shape index (κ2) is 7.89. The van der Waals surface area contributed by atoms with Crippen LogP contribution in [0.4, 0.5) is 5.69 Å². The molecule has 1 unspecified atom stereocenters. The summed E-state index contributed by atoms with van der Waals surface area (Å²) in [6.07, 6.45) is 0. The largest absolute Gasteiger partial charge is 0.397 e. The lowest BCUT2D eigenvalue weighted by atomic mass is 10.0. The maximum absolute atomic E-state index is 12.7. The van der Waals surface area contributed by atoms with Gasteiger partial charge in [-0.15, -0.1) is 0 Å². The zero-order chi connectivity index (χ0) is 19.7. The molecule has 0 bridgehead atoms. The van der Waals surface area contributed by atoms with Gasteiger partial charge >= 0.3 is 0 Å². The van der Waals surface area contributed by atoms with E-state index in [2.05, 4.69) is 45.0 Å². The van der Waals surface area contributed by atoms with Crippen LogP contribution in [0, 0.1) is 0 Å². The lowest BCUT2D eigenvalue weighted by Crippen LogP contribution is -2.36. The van der Waals surface area contributed by atoms with Gasteiger partial charge in [0.05, 0.1) is 29.5 Å². The van der Waals surface area contributed by atoms with E-state index in [9.17, 15) is 4.79 Å². The van der Waals surface area contributed by atoms with Crippen molar-refractivity contribution in [3.63, 3.8) is 0 Å². The standard InChI is InChI=1S/C20H25N5O2S/c1-12-13(2)23-24-20-16(12)17(21)18(28-20)19(26)22-11-14-3-5-15(6-4-14)25-7-9-27-10-8-25/h3-6,20,24H,7-11,21H2,1-2H3,(H,22,26). The fourth-order valence-corrected chi connectivity index (χ4v) is 4.69. The van der Waals surface area contributed by atoms with E-state index < -0.39 is 0 Å². The van der Waals surface area contributed by atoms with Gasteiger partial charge in [-0.3, -0.25) is 10.2 Å². The Morgan fingerprint density at radius 1 is 1.32 bits per heavy atom. The van der Waals surface area contributed by atoms with Gasteiger partial charge in [-0.2, -0.15) is 5.10 Å². The lowest BCUT2D eigenvalue weighted by Gasteiger charge is -2.28. The molecule has 1 saturated heterocycles. The maximum Gasteiger partial charge on any atom is 0.260 e. The van der Waals surface area contributed by atoms with E-state index in [0.29, 0.717) is 17.1 Å². The SMILES string of the molecule is CC1=NNC2SC(C(=O)NCc3ccc(N4CCOCC4)cc3)=C(N)C2=C1C. The Hall–Kier alpha value is -2.45. The quantitative estimate of drug-likeness (QED) is 0.714. The first-order valence-corrected chi connectivity index (χ1v) is 10.3. The van der Waals surface area contributed by atoms with Crippen molar-refractivity contribution in [3.8, 4) is 0 Å². The van der Waals surface area contributed by atoms with E-state index in [4.69, 9.17) is 10.5 Å². The Bertz CT molecular complexity index is 869. The molecule has 0 spiro atoms. The first-order chi connectivity index (χ1) is 13.5. The second-order valence-electron chi connectivity index (χ2n) is 7.05. The molecule has 7 nitrogen and oxygen atoms in total. The molecule has 0 aliphatic carbocycles. The van der Waals surface area contributed by atoms with Crippen LogP contribution in [0.25, 0.3) is 0 Å². The number of hydrazone groups is 1. The van der Waals surface area contributed by atoms with Gasteiger partial charge in [0, 0.05) is 30.9 Å². The Labute approximate surface area is 169 Å².